The molecule has 2 atom stereocenters. The molecule has 4 heteroatoms. The number of carboxylic acid groups (broad SMARTS) is 1. The molecule has 0 radical (unpaired) electrons. The Bertz CT molecular complexity index is 219. The van der Waals surface area contributed by atoms with Crippen LogP contribution >= 0.6 is 0 Å². The number of carbonyl (C=O) groups is 1. The predicted molar refractivity (Wildman–Crippen MR) is 59.6 cm³/mol. The summed E-state index contributed by atoms with van der Waals surface area (Å²) >= 11 is 0. The highest BCUT2D eigenvalue weighted by molar-refractivity contribution is 5.72. The van der Waals surface area contributed by atoms with Crippen molar-refractivity contribution < 1.29 is 9.90 Å². The Hall–Kier alpha value is -0.610. The quantitative estimate of drug-likeness (QED) is 0.709. The van der Waals surface area contributed by atoms with Crippen molar-refractivity contribution in [3.8, 4) is 0 Å². The van der Waals surface area contributed by atoms with Crippen LogP contribution in [0.2, 0.25) is 0 Å². The van der Waals surface area contributed by atoms with Gasteiger partial charge in [-0.1, -0.05) is 13.8 Å². The molecule has 88 valence electrons. The highest BCUT2D eigenvalue weighted by atomic mass is 16.4. The fourth-order valence-electron chi connectivity index (χ4n) is 2.05. The van der Waals surface area contributed by atoms with Crippen molar-refractivity contribution in [2.24, 2.45) is 17.6 Å². The van der Waals surface area contributed by atoms with Gasteiger partial charge in [-0.3, -0.25) is 4.79 Å². The molecule has 4 nitrogen and oxygen atoms in total. The molecule has 1 heterocycles. The van der Waals surface area contributed by atoms with Crippen molar-refractivity contribution >= 4 is 5.97 Å². The molecule has 1 aliphatic rings. The first-order valence-electron chi connectivity index (χ1n) is 5.71. The molecule has 0 saturated carbocycles. The molecular weight excluding hydrogens is 192 g/mol. The summed E-state index contributed by atoms with van der Waals surface area (Å²) in [6.07, 6.45) is 1.79. The van der Waals surface area contributed by atoms with Gasteiger partial charge < -0.3 is 15.7 Å². The summed E-state index contributed by atoms with van der Waals surface area (Å²) in [5, 5.41) is 8.65. The van der Waals surface area contributed by atoms with E-state index in [4.69, 9.17) is 10.8 Å². The number of carboxylic acids is 1. The monoisotopic (exact) mass is 214 g/mol. The highest BCUT2D eigenvalue weighted by Crippen LogP contribution is 2.23. The first-order valence-corrected chi connectivity index (χ1v) is 5.71. The van der Waals surface area contributed by atoms with Crippen molar-refractivity contribution in [2.45, 2.75) is 32.7 Å². The Balaban J connectivity index is 2.22. The lowest BCUT2D eigenvalue weighted by atomic mass is 9.95. The van der Waals surface area contributed by atoms with Crippen molar-refractivity contribution in [1.82, 2.24) is 4.90 Å². The van der Waals surface area contributed by atoms with Crippen LogP contribution in [0.5, 0.6) is 0 Å². The van der Waals surface area contributed by atoms with Gasteiger partial charge in [0, 0.05) is 13.1 Å². The van der Waals surface area contributed by atoms with Crippen LogP contribution in [-0.2, 0) is 4.79 Å². The molecule has 0 aromatic heterocycles. The Morgan fingerprint density at radius 2 is 2.27 bits per heavy atom. The normalized spacial score (nSPS) is 24.7. The summed E-state index contributed by atoms with van der Waals surface area (Å²) in [6.45, 7) is 7.50. The molecule has 1 saturated heterocycles. The van der Waals surface area contributed by atoms with Crippen LogP contribution in [0, 0.1) is 11.8 Å². The first kappa shape index (κ1) is 12.5. The van der Waals surface area contributed by atoms with Gasteiger partial charge in [-0.25, -0.2) is 0 Å². The minimum atomic E-state index is -0.894. The van der Waals surface area contributed by atoms with E-state index in [0.29, 0.717) is 6.42 Å². The maximum Gasteiger partial charge on any atom is 0.320 e. The van der Waals surface area contributed by atoms with E-state index in [1.165, 1.54) is 6.42 Å². The van der Waals surface area contributed by atoms with Gasteiger partial charge in [0.25, 0.3) is 0 Å². The minimum Gasteiger partial charge on any atom is -0.480 e. The summed E-state index contributed by atoms with van der Waals surface area (Å²) in [4.78, 5) is 12.9. The number of nitrogens with two attached hydrogens (primary N) is 1. The molecule has 0 aromatic rings. The molecule has 1 aliphatic heterocycles. The predicted octanol–water partition coefficient (Wildman–Crippen LogP) is 0.766. The third-order valence-corrected chi connectivity index (χ3v) is 3.33. The lowest BCUT2D eigenvalue weighted by Gasteiger charge is -2.18. The van der Waals surface area contributed by atoms with Crippen LogP contribution in [0.15, 0.2) is 0 Å². The van der Waals surface area contributed by atoms with Gasteiger partial charge in [0.1, 0.15) is 6.04 Å². The fourth-order valence-corrected chi connectivity index (χ4v) is 2.05. The molecule has 3 N–H and O–H groups in total. The van der Waals surface area contributed by atoms with E-state index >= 15 is 0 Å². The average molecular weight is 214 g/mol. The smallest absolute Gasteiger partial charge is 0.320 e. The topological polar surface area (TPSA) is 66.6 Å². The van der Waals surface area contributed by atoms with Crippen LogP contribution in [0.3, 0.4) is 0 Å². The second-order valence-electron chi connectivity index (χ2n) is 4.83. The van der Waals surface area contributed by atoms with E-state index < -0.39 is 12.0 Å². The van der Waals surface area contributed by atoms with E-state index in [-0.39, 0.29) is 0 Å². The number of likely N-dealkylation sites (tertiary alicyclic amines) is 1. The van der Waals surface area contributed by atoms with Crippen molar-refractivity contribution in [2.75, 3.05) is 19.6 Å². The standard InChI is InChI=1S/C11H22N2O2/c1-8(2)9-3-5-13(7-9)6-4-10(12)11(14)15/h8-10H,3-7,12H2,1-2H3,(H,14,15). The zero-order chi connectivity index (χ0) is 11.4. The largest absolute Gasteiger partial charge is 0.480 e. The second-order valence-corrected chi connectivity index (χ2v) is 4.83. The molecule has 0 amide bonds. The van der Waals surface area contributed by atoms with Crippen LogP contribution in [-0.4, -0.2) is 41.7 Å². The summed E-state index contributed by atoms with van der Waals surface area (Å²) < 4.78 is 0. The van der Waals surface area contributed by atoms with Gasteiger partial charge in [-0.15, -0.1) is 0 Å². The molecular formula is C11H22N2O2. The number of hydrogen-bond acceptors (Lipinski definition) is 3. The molecule has 0 aromatic carbocycles. The summed E-state index contributed by atoms with van der Waals surface area (Å²) in [7, 11) is 0. The van der Waals surface area contributed by atoms with Crippen molar-refractivity contribution in [1.29, 1.82) is 0 Å². The second kappa shape index (κ2) is 5.47. The van der Waals surface area contributed by atoms with Crippen LogP contribution < -0.4 is 5.73 Å². The Morgan fingerprint density at radius 3 is 2.73 bits per heavy atom. The molecule has 1 fully saturated rings. The highest BCUT2D eigenvalue weighted by Gasteiger charge is 2.25. The summed E-state index contributed by atoms with van der Waals surface area (Å²) in [6, 6.07) is -0.705. The molecule has 0 aliphatic carbocycles. The lowest BCUT2D eigenvalue weighted by molar-refractivity contribution is -0.138. The van der Waals surface area contributed by atoms with Crippen LogP contribution in [0.4, 0.5) is 0 Å². The summed E-state index contributed by atoms with van der Waals surface area (Å²) in [5.74, 6) is 0.601. The molecule has 0 bridgehead atoms. The zero-order valence-corrected chi connectivity index (χ0v) is 9.65. The Labute approximate surface area is 91.4 Å². The number of rotatable bonds is 5. The van der Waals surface area contributed by atoms with Gasteiger partial charge >= 0.3 is 5.97 Å². The fraction of sp³-hybridized carbons (Fsp3) is 0.909. The van der Waals surface area contributed by atoms with Gasteiger partial charge in [0.05, 0.1) is 0 Å². The third kappa shape index (κ3) is 3.80. The lowest BCUT2D eigenvalue weighted by Crippen LogP contribution is -2.35. The Kier molecular flexibility index (Phi) is 4.54. The molecule has 0 spiro atoms. The van der Waals surface area contributed by atoms with E-state index in [0.717, 1.165) is 31.5 Å². The SMILES string of the molecule is CC(C)C1CCN(CCC(N)C(=O)O)C1. The first-order chi connectivity index (χ1) is 7.00. The van der Waals surface area contributed by atoms with Crippen LogP contribution in [0.1, 0.15) is 26.7 Å². The van der Waals surface area contributed by atoms with E-state index in [2.05, 4.69) is 18.7 Å². The molecule has 15 heavy (non-hydrogen) atoms. The van der Waals surface area contributed by atoms with E-state index in [1.807, 2.05) is 0 Å². The maximum atomic E-state index is 10.5. The zero-order valence-electron chi connectivity index (χ0n) is 9.65. The van der Waals surface area contributed by atoms with Crippen molar-refractivity contribution in [3.63, 3.8) is 0 Å². The van der Waals surface area contributed by atoms with Crippen LogP contribution in [0.25, 0.3) is 0 Å². The van der Waals surface area contributed by atoms with Gasteiger partial charge in [-0.2, -0.15) is 0 Å². The molecule has 2 unspecified atom stereocenters. The van der Waals surface area contributed by atoms with E-state index in [1.54, 1.807) is 0 Å². The third-order valence-electron chi connectivity index (χ3n) is 3.33. The molecule has 1 rings (SSSR count). The number of aliphatic carboxylic acids is 1. The average Bonchev–Trinajstić information content (AvgIpc) is 2.62. The maximum absolute atomic E-state index is 10.5. The minimum absolute atomic E-state index is 0.556. The number of hydrogen-bond donors (Lipinski definition) is 2. The van der Waals surface area contributed by atoms with Crippen molar-refractivity contribution in [3.05, 3.63) is 0 Å². The summed E-state index contributed by atoms with van der Waals surface area (Å²) in [5.41, 5.74) is 5.46. The van der Waals surface area contributed by atoms with Gasteiger partial charge in [-0.05, 0) is 31.2 Å². The van der Waals surface area contributed by atoms with E-state index in [9.17, 15) is 4.79 Å². The van der Waals surface area contributed by atoms with Gasteiger partial charge in [0.15, 0.2) is 0 Å². The number of nitrogens with zero attached hydrogens (tertiary/aromatic N) is 1. The van der Waals surface area contributed by atoms with Gasteiger partial charge in [0.2, 0.25) is 0 Å². The Morgan fingerprint density at radius 1 is 1.60 bits per heavy atom.